The lowest BCUT2D eigenvalue weighted by Gasteiger charge is -2.20. The molecule has 1 heterocycles. The molecule has 0 saturated heterocycles. The number of rotatable bonds is 6. The van der Waals surface area contributed by atoms with Crippen LogP contribution in [0.1, 0.15) is 26.7 Å². The van der Waals surface area contributed by atoms with E-state index in [2.05, 4.69) is 39.1 Å². The van der Waals surface area contributed by atoms with Crippen LogP contribution in [0.2, 0.25) is 0 Å². The molecule has 1 aromatic heterocycles. The number of hydrogen-bond acceptors (Lipinski definition) is 5. The first-order chi connectivity index (χ1) is 9.74. The summed E-state index contributed by atoms with van der Waals surface area (Å²) in [5.74, 6) is 1.03. The third-order valence-electron chi connectivity index (χ3n) is 2.78. The third kappa shape index (κ3) is 4.14. The van der Waals surface area contributed by atoms with Crippen molar-refractivity contribution < 1.29 is 0 Å². The van der Waals surface area contributed by atoms with Gasteiger partial charge in [0.1, 0.15) is 0 Å². The second-order valence-electron chi connectivity index (χ2n) is 4.45. The lowest BCUT2D eigenvalue weighted by atomic mass is 10.3. The smallest absolute Gasteiger partial charge is 0.179 e. The second kappa shape index (κ2) is 7.90. The van der Waals surface area contributed by atoms with E-state index in [-0.39, 0.29) is 0 Å². The highest BCUT2D eigenvalue weighted by Gasteiger charge is 2.10. The number of benzene rings is 1. The Balaban J connectivity index is 2.33. The van der Waals surface area contributed by atoms with Gasteiger partial charge in [-0.25, -0.2) is 4.99 Å². The maximum absolute atomic E-state index is 4.73. The predicted molar refractivity (Wildman–Crippen MR) is 92.2 cm³/mol. The van der Waals surface area contributed by atoms with Crippen molar-refractivity contribution in [2.45, 2.75) is 26.7 Å². The van der Waals surface area contributed by atoms with Crippen LogP contribution in [0, 0.1) is 0 Å². The average molecular weight is 372 g/mol. The zero-order chi connectivity index (χ0) is 14.4. The first-order valence-electron chi connectivity index (χ1n) is 6.75. The van der Waals surface area contributed by atoms with E-state index in [1.165, 1.54) is 10.5 Å². The minimum atomic E-state index is 0.971. The molecule has 108 valence electrons. The number of halogens is 1. The molecule has 1 aromatic carbocycles. The maximum Gasteiger partial charge on any atom is 0.179 e. The van der Waals surface area contributed by atoms with Gasteiger partial charge in [-0.1, -0.05) is 29.8 Å². The lowest BCUT2D eigenvalue weighted by molar-refractivity contribution is 0.735. The van der Waals surface area contributed by atoms with Crippen molar-refractivity contribution >= 4 is 48.3 Å². The van der Waals surface area contributed by atoms with E-state index in [9.17, 15) is 0 Å². The van der Waals surface area contributed by atoms with Crippen LogP contribution in [0.5, 0.6) is 0 Å². The number of nitrogens with zero attached hydrogens (tertiary/aromatic N) is 3. The van der Waals surface area contributed by atoms with Crippen LogP contribution in [-0.4, -0.2) is 17.5 Å². The minimum Gasteiger partial charge on any atom is -0.353 e. The predicted octanol–water partition coefficient (Wildman–Crippen LogP) is 4.83. The van der Waals surface area contributed by atoms with E-state index in [0.717, 1.165) is 46.6 Å². The summed E-state index contributed by atoms with van der Waals surface area (Å²) >= 11 is 3.44. The molecule has 2 aromatic rings. The van der Waals surface area contributed by atoms with Gasteiger partial charge in [-0.05, 0) is 47.4 Å². The highest BCUT2D eigenvalue weighted by atomic mass is 79.9. The molecule has 3 nitrogen and oxygen atoms in total. The summed E-state index contributed by atoms with van der Waals surface area (Å²) in [6, 6.07) is 8.06. The first kappa shape index (κ1) is 15.7. The van der Waals surface area contributed by atoms with Gasteiger partial charge in [0, 0.05) is 28.1 Å². The van der Waals surface area contributed by atoms with Crippen molar-refractivity contribution in [1.82, 2.24) is 4.37 Å². The fourth-order valence-corrected chi connectivity index (χ4v) is 3.89. The van der Waals surface area contributed by atoms with Crippen LogP contribution in [0.3, 0.4) is 0 Å². The van der Waals surface area contributed by atoms with Gasteiger partial charge in [-0.15, -0.1) is 0 Å². The van der Waals surface area contributed by atoms with Gasteiger partial charge in [0.15, 0.2) is 10.5 Å². The third-order valence-corrected chi connectivity index (χ3v) is 4.98. The van der Waals surface area contributed by atoms with Crippen molar-refractivity contribution in [3.05, 3.63) is 33.4 Å². The van der Waals surface area contributed by atoms with Crippen molar-refractivity contribution in [1.29, 1.82) is 0 Å². The van der Waals surface area contributed by atoms with E-state index < -0.39 is 0 Å². The van der Waals surface area contributed by atoms with E-state index >= 15 is 0 Å². The van der Waals surface area contributed by atoms with E-state index in [0.29, 0.717) is 0 Å². The molecule has 0 aliphatic heterocycles. The summed E-state index contributed by atoms with van der Waals surface area (Å²) in [4.78, 5) is 7.07. The summed E-state index contributed by atoms with van der Waals surface area (Å²) in [5, 5.41) is 0. The fraction of sp³-hybridized carbons (Fsp3) is 0.429. The Bertz CT molecular complexity index is 583. The zero-order valence-electron chi connectivity index (χ0n) is 11.7. The van der Waals surface area contributed by atoms with Crippen molar-refractivity contribution in [3.63, 3.8) is 0 Å². The quantitative estimate of drug-likeness (QED) is 0.680. The van der Waals surface area contributed by atoms with Crippen LogP contribution in [0.4, 0.5) is 11.5 Å². The molecular weight excluding hydrogens is 354 g/mol. The van der Waals surface area contributed by atoms with Gasteiger partial charge in [-0.2, -0.15) is 4.37 Å². The van der Waals surface area contributed by atoms with Gasteiger partial charge in [0.25, 0.3) is 0 Å². The Morgan fingerprint density at radius 3 is 2.40 bits per heavy atom. The van der Waals surface area contributed by atoms with Crippen LogP contribution in [-0.2, 0) is 0 Å². The maximum atomic E-state index is 4.73. The van der Waals surface area contributed by atoms with E-state index in [1.54, 1.807) is 10.3 Å². The van der Waals surface area contributed by atoms with Gasteiger partial charge >= 0.3 is 0 Å². The average Bonchev–Trinajstić information content (AvgIpc) is 2.89. The molecule has 2 rings (SSSR count). The Hall–Kier alpha value is -0.720. The van der Waals surface area contributed by atoms with Gasteiger partial charge in [0.05, 0.1) is 5.69 Å². The molecule has 6 heteroatoms. The SMILES string of the molecule is CCCN(CCC)c1nssc1=Nc1ccc(Br)cc1. The van der Waals surface area contributed by atoms with E-state index in [1.807, 2.05) is 24.3 Å². The van der Waals surface area contributed by atoms with Gasteiger partial charge < -0.3 is 4.90 Å². The van der Waals surface area contributed by atoms with Crippen LogP contribution in [0.25, 0.3) is 0 Å². The number of aromatic nitrogens is 1. The first-order valence-corrected chi connectivity index (χ1v) is 9.65. The molecule has 0 aliphatic rings. The normalized spacial score (nSPS) is 11.8. The molecule has 0 saturated carbocycles. The molecule has 0 atom stereocenters. The van der Waals surface area contributed by atoms with Crippen molar-refractivity contribution in [3.8, 4) is 0 Å². The zero-order valence-corrected chi connectivity index (χ0v) is 14.9. The van der Waals surface area contributed by atoms with Gasteiger partial charge in [-0.3, -0.25) is 0 Å². The molecule has 0 spiro atoms. The largest absolute Gasteiger partial charge is 0.353 e. The summed E-state index contributed by atoms with van der Waals surface area (Å²) in [6.07, 6.45) is 2.25. The standard InChI is InChI=1S/C14H18BrN3S2/c1-3-9-18(10-4-2)13-14(19-20-17-13)16-12-7-5-11(15)6-8-12/h5-8H,3-4,9-10H2,1-2H3. The summed E-state index contributed by atoms with van der Waals surface area (Å²) < 4.78 is 6.64. The molecule has 0 unspecified atom stereocenters. The summed E-state index contributed by atoms with van der Waals surface area (Å²) in [6.45, 7) is 6.47. The van der Waals surface area contributed by atoms with Crippen LogP contribution >= 0.6 is 36.8 Å². The Labute approximate surface area is 135 Å². The fourth-order valence-electron chi connectivity index (χ4n) is 1.92. The molecule has 20 heavy (non-hydrogen) atoms. The molecule has 0 radical (unpaired) electrons. The van der Waals surface area contributed by atoms with Crippen molar-refractivity contribution in [2.24, 2.45) is 4.99 Å². The molecule has 0 fully saturated rings. The topological polar surface area (TPSA) is 28.5 Å². The summed E-state index contributed by atoms with van der Waals surface area (Å²) in [5.41, 5.74) is 0.971. The highest BCUT2D eigenvalue weighted by molar-refractivity contribution is 9.10. The Morgan fingerprint density at radius 1 is 1.15 bits per heavy atom. The molecule has 0 aliphatic carbocycles. The number of hydrogen-bond donors (Lipinski definition) is 0. The van der Waals surface area contributed by atoms with Gasteiger partial charge in [0.2, 0.25) is 0 Å². The lowest BCUT2D eigenvalue weighted by Crippen LogP contribution is -2.28. The molecule has 0 amide bonds. The monoisotopic (exact) mass is 371 g/mol. The van der Waals surface area contributed by atoms with Crippen LogP contribution < -0.4 is 9.57 Å². The minimum absolute atomic E-state index is 0.971. The Morgan fingerprint density at radius 2 is 1.80 bits per heavy atom. The molecule has 0 N–H and O–H groups in total. The van der Waals surface area contributed by atoms with Crippen molar-refractivity contribution in [2.75, 3.05) is 18.0 Å². The summed E-state index contributed by atoms with van der Waals surface area (Å²) in [7, 11) is 3.15. The molecular formula is C14H18BrN3S2. The van der Waals surface area contributed by atoms with E-state index in [4.69, 9.17) is 4.99 Å². The highest BCUT2D eigenvalue weighted by Crippen LogP contribution is 2.18. The molecule has 0 bridgehead atoms. The second-order valence-corrected chi connectivity index (χ2v) is 7.20. The number of anilines is 1. The van der Waals surface area contributed by atoms with Crippen LogP contribution in [0.15, 0.2) is 33.7 Å². The Kier molecular flexibility index (Phi) is 6.19.